The van der Waals surface area contributed by atoms with E-state index in [-0.39, 0.29) is 19.2 Å². The number of nitrogens with one attached hydrogen (secondary N) is 1. The minimum absolute atomic E-state index is 0.0923. The average Bonchev–Trinajstić information content (AvgIpc) is 2.72. The third-order valence-electron chi connectivity index (χ3n) is 5.14. The molecule has 0 aliphatic carbocycles. The van der Waals surface area contributed by atoms with Crippen LogP contribution < -0.4 is 14.8 Å². The van der Waals surface area contributed by atoms with Gasteiger partial charge < -0.3 is 14.2 Å². The van der Waals surface area contributed by atoms with Crippen LogP contribution in [0.3, 0.4) is 0 Å². The number of halogens is 2. The molecule has 2 aliphatic heterocycles. The Labute approximate surface area is 197 Å². The Hall–Kier alpha value is -1.27. The van der Waals surface area contributed by atoms with E-state index in [1.165, 1.54) is 23.2 Å². The van der Waals surface area contributed by atoms with E-state index in [9.17, 15) is 4.79 Å². The smallest absolute Gasteiger partial charge is 0.413 e. The normalized spacial score (nSPS) is 20.0. The maximum Gasteiger partial charge on any atom is 0.413 e. The zero-order valence-corrected chi connectivity index (χ0v) is 20.3. The molecule has 2 heterocycles. The number of amides is 1. The fourth-order valence-electron chi connectivity index (χ4n) is 3.53. The second-order valence-electron chi connectivity index (χ2n) is 7.13. The highest BCUT2D eigenvalue weighted by atomic mass is 127. The maximum atomic E-state index is 12.4. The van der Waals surface area contributed by atoms with Gasteiger partial charge in [-0.3, -0.25) is 4.90 Å². The first-order valence-electron chi connectivity index (χ1n) is 9.53. The second kappa shape index (κ2) is 9.25. The van der Waals surface area contributed by atoms with Gasteiger partial charge in [-0.2, -0.15) is 0 Å². The van der Waals surface area contributed by atoms with Crippen molar-refractivity contribution in [2.24, 2.45) is 0 Å². The highest BCUT2D eigenvalue weighted by Gasteiger charge is 2.28. The molecule has 0 saturated carbocycles. The summed E-state index contributed by atoms with van der Waals surface area (Å²) in [4.78, 5) is 13.9. The summed E-state index contributed by atoms with van der Waals surface area (Å²) in [6.45, 7) is 0.0923. The Kier molecular flexibility index (Phi) is 6.69. The summed E-state index contributed by atoms with van der Waals surface area (Å²) >= 11 is 4.60. The monoisotopic (exact) mass is 620 g/mol. The van der Waals surface area contributed by atoms with Crippen LogP contribution in [-0.4, -0.2) is 37.2 Å². The molecule has 1 amide bonds. The Morgan fingerprint density at radius 1 is 1.07 bits per heavy atom. The van der Waals surface area contributed by atoms with E-state index < -0.39 is 6.09 Å². The van der Waals surface area contributed by atoms with Crippen LogP contribution in [0, 0.1) is 7.14 Å². The summed E-state index contributed by atoms with van der Waals surface area (Å²) in [7, 11) is 1.71. The van der Waals surface area contributed by atoms with Crippen LogP contribution >= 0.6 is 45.2 Å². The fraction of sp³-hybridized carbons (Fsp3) is 0.381. The van der Waals surface area contributed by atoms with Crippen LogP contribution in [0.25, 0.3) is 0 Å². The number of aryl methyl sites for hydroxylation is 2. The number of nitrogens with zero attached hydrogens (tertiary/aromatic N) is 1. The van der Waals surface area contributed by atoms with Gasteiger partial charge in [0.2, 0.25) is 0 Å². The third-order valence-corrected chi connectivity index (χ3v) is 6.48. The quantitative estimate of drug-likeness (QED) is 0.403. The summed E-state index contributed by atoms with van der Waals surface area (Å²) in [5, 5.41) is 3.15. The molecule has 2 atom stereocenters. The lowest BCUT2D eigenvalue weighted by atomic mass is 10.1. The van der Waals surface area contributed by atoms with Crippen molar-refractivity contribution in [1.29, 1.82) is 0 Å². The number of carbonyl (C=O) groups is 1. The standard InChI is InChI=1S/C21H22I2N2O4/c1-25(20-9-3-14-11-16(23)5-7-18(14)29-20)21(26)27-12-24-19-8-2-13-10-15(22)4-6-17(13)28-19/h4-7,10-11,19-20,24H,2-3,8-9,12H2,1H3/t19-,20-/m1/s1. The van der Waals surface area contributed by atoms with Gasteiger partial charge in [-0.25, -0.2) is 10.1 Å². The van der Waals surface area contributed by atoms with Gasteiger partial charge in [0.15, 0.2) is 12.5 Å². The zero-order chi connectivity index (χ0) is 20.4. The molecular weight excluding hydrogens is 598 g/mol. The van der Waals surface area contributed by atoms with E-state index in [0.717, 1.165) is 37.2 Å². The van der Waals surface area contributed by atoms with Crippen molar-refractivity contribution in [2.75, 3.05) is 13.8 Å². The molecule has 4 rings (SSSR count). The Bertz CT molecular complexity index is 908. The lowest BCUT2D eigenvalue weighted by Gasteiger charge is -2.32. The van der Waals surface area contributed by atoms with Crippen LogP contribution in [0.5, 0.6) is 11.5 Å². The van der Waals surface area contributed by atoms with Crippen molar-refractivity contribution in [3.05, 3.63) is 54.7 Å². The number of hydrogen-bond acceptors (Lipinski definition) is 5. The largest absolute Gasteiger partial charge is 0.475 e. The van der Waals surface area contributed by atoms with Gasteiger partial charge in [0.05, 0.1) is 0 Å². The molecule has 2 aliphatic rings. The minimum atomic E-state index is -0.415. The van der Waals surface area contributed by atoms with E-state index in [4.69, 9.17) is 14.2 Å². The molecule has 0 spiro atoms. The summed E-state index contributed by atoms with van der Waals surface area (Å²) in [5.41, 5.74) is 2.40. The molecule has 29 heavy (non-hydrogen) atoms. The predicted molar refractivity (Wildman–Crippen MR) is 126 cm³/mol. The molecule has 0 unspecified atom stereocenters. The van der Waals surface area contributed by atoms with Crippen LogP contribution in [0.2, 0.25) is 0 Å². The van der Waals surface area contributed by atoms with Crippen LogP contribution in [0.1, 0.15) is 24.0 Å². The Morgan fingerprint density at radius 2 is 1.69 bits per heavy atom. The van der Waals surface area contributed by atoms with Crippen molar-refractivity contribution in [3.8, 4) is 11.5 Å². The molecular formula is C21H22I2N2O4. The lowest BCUT2D eigenvalue weighted by Crippen LogP contribution is -2.45. The first kappa shape index (κ1) is 21.0. The molecule has 0 fully saturated rings. The van der Waals surface area contributed by atoms with Gasteiger partial charge in [-0.1, -0.05) is 0 Å². The number of fused-ring (bicyclic) bond motifs is 2. The van der Waals surface area contributed by atoms with E-state index in [0.29, 0.717) is 0 Å². The maximum absolute atomic E-state index is 12.4. The van der Waals surface area contributed by atoms with E-state index in [1.807, 2.05) is 24.3 Å². The van der Waals surface area contributed by atoms with Gasteiger partial charge in [0.25, 0.3) is 0 Å². The molecule has 0 bridgehead atoms. The summed E-state index contributed by atoms with van der Waals surface area (Å²) in [6, 6.07) is 12.3. The van der Waals surface area contributed by atoms with Crippen LogP contribution in [0.4, 0.5) is 4.79 Å². The van der Waals surface area contributed by atoms with E-state index in [2.05, 4.69) is 62.6 Å². The average molecular weight is 620 g/mol. The fourth-order valence-corrected chi connectivity index (χ4v) is 4.64. The first-order valence-corrected chi connectivity index (χ1v) is 11.7. The van der Waals surface area contributed by atoms with Gasteiger partial charge in [0.1, 0.15) is 18.2 Å². The van der Waals surface area contributed by atoms with Crippen molar-refractivity contribution >= 4 is 51.3 Å². The highest BCUT2D eigenvalue weighted by molar-refractivity contribution is 14.1. The zero-order valence-electron chi connectivity index (χ0n) is 16.0. The van der Waals surface area contributed by atoms with Crippen molar-refractivity contribution < 1.29 is 19.0 Å². The van der Waals surface area contributed by atoms with Crippen molar-refractivity contribution in [1.82, 2.24) is 10.2 Å². The topological polar surface area (TPSA) is 60.0 Å². The van der Waals surface area contributed by atoms with Crippen LogP contribution in [0.15, 0.2) is 36.4 Å². The number of ether oxygens (including phenoxy) is 3. The van der Waals surface area contributed by atoms with E-state index >= 15 is 0 Å². The third kappa shape index (κ3) is 5.08. The van der Waals surface area contributed by atoms with Crippen molar-refractivity contribution in [3.63, 3.8) is 0 Å². The predicted octanol–water partition coefficient (Wildman–Crippen LogP) is 4.51. The summed E-state index contributed by atoms with van der Waals surface area (Å²) < 4.78 is 19.7. The number of benzene rings is 2. The van der Waals surface area contributed by atoms with Gasteiger partial charge in [-0.05, 0) is 106 Å². The second-order valence-corrected chi connectivity index (χ2v) is 9.62. The minimum Gasteiger partial charge on any atom is -0.475 e. The van der Waals surface area contributed by atoms with Crippen molar-refractivity contribution in [2.45, 2.75) is 38.1 Å². The van der Waals surface area contributed by atoms with Gasteiger partial charge in [0, 0.05) is 27.0 Å². The molecule has 2 aromatic rings. The molecule has 0 aromatic heterocycles. The summed E-state index contributed by atoms with van der Waals surface area (Å²) in [6.07, 6.45) is 2.49. The number of carbonyl (C=O) groups excluding carboxylic acids is 1. The lowest BCUT2D eigenvalue weighted by molar-refractivity contribution is 0.00817. The summed E-state index contributed by atoms with van der Waals surface area (Å²) in [5.74, 6) is 1.73. The molecule has 8 heteroatoms. The molecule has 0 radical (unpaired) electrons. The SMILES string of the molecule is CN(C(=O)OCN[C@H]1CCc2cc(I)ccc2O1)[C@H]1CCc2cc(I)ccc2O1. The molecule has 1 N–H and O–H groups in total. The number of hydrogen-bond donors (Lipinski definition) is 1. The molecule has 2 aromatic carbocycles. The molecule has 154 valence electrons. The highest BCUT2D eigenvalue weighted by Crippen LogP contribution is 2.30. The Balaban J connectivity index is 1.25. The molecule has 0 saturated heterocycles. The Morgan fingerprint density at radius 3 is 2.38 bits per heavy atom. The van der Waals surface area contributed by atoms with E-state index in [1.54, 1.807) is 7.05 Å². The van der Waals surface area contributed by atoms with Crippen LogP contribution in [-0.2, 0) is 17.6 Å². The first-order chi connectivity index (χ1) is 14.0. The molecule has 6 nitrogen and oxygen atoms in total. The number of rotatable bonds is 4. The van der Waals surface area contributed by atoms with Gasteiger partial charge in [-0.15, -0.1) is 0 Å². The van der Waals surface area contributed by atoms with Gasteiger partial charge >= 0.3 is 6.09 Å².